The first-order valence-electron chi connectivity index (χ1n) is 11.2. The van der Waals surface area contributed by atoms with Crippen LogP contribution in [-0.2, 0) is 21.1 Å². The first-order chi connectivity index (χ1) is 14.9. The molecule has 2 aliphatic rings. The smallest absolute Gasteiger partial charge is 0.381 e. The standard InChI is InChI=1S/C23H34F3N3O2/c1-27-21(28-11-4-12-31-16-18-7-13-30-14-8-18)29-17-22(9-3-10-22)19-5-2-6-20(15-19)23(24,25)26/h2,5-6,15,18H,3-4,7-14,16-17H2,1H3,(H2,27,28,29). The molecular weight excluding hydrogens is 407 g/mol. The fourth-order valence-electron chi connectivity index (χ4n) is 4.21. The van der Waals surface area contributed by atoms with E-state index in [0.29, 0.717) is 25.0 Å². The van der Waals surface area contributed by atoms with E-state index >= 15 is 0 Å². The van der Waals surface area contributed by atoms with E-state index in [1.54, 1.807) is 7.05 Å². The average molecular weight is 442 g/mol. The molecule has 3 rings (SSSR count). The maximum absolute atomic E-state index is 13.1. The lowest BCUT2D eigenvalue weighted by Gasteiger charge is -2.43. The van der Waals surface area contributed by atoms with E-state index in [1.807, 2.05) is 6.07 Å². The van der Waals surface area contributed by atoms with Gasteiger partial charge in [0, 0.05) is 52.0 Å². The Bertz CT molecular complexity index is 714. The fraction of sp³-hybridized carbons (Fsp3) is 0.696. The SMILES string of the molecule is CN=C(NCCCOCC1CCOCC1)NCC1(c2cccc(C(F)(F)F)c2)CCC1. The third kappa shape index (κ3) is 6.84. The monoisotopic (exact) mass is 441 g/mol. The van der Waals surface area contributed by atoms with Gasteiger partial charge in [-0.3, -0.25) is 4.99 Å². The van der Waals surface area contributed by atoms with E-state index in [0.717, 1.165) is 76.5 Å². The normalized spacial score (nSPS) is 19.7. The Hall–Kier alpha value is -1.80. The quantitative estimate of drug-likeness (QED) is 0.344. The summed E-state index contributed by atoms with van der Waals surface area (Å²) in [6, 6.07) is 5.74. The van der Waals surface area contributed by atoms with Crippen molar-refractivity contribution in [3.8, 4) is 0 Å². The molecule has 2 fully saturated rings. The molecule has 2 N–H and O–H groups in total. The van der Waals surface area contributed by atoms with Gasteiger partial charge in [-0.05, 0) is 49.7 Å². The van der Waals surface area contributed by atoms with Gasteiger partial charge < -0.3 is 20.1 Å². The van der Waals surface area contributed by atoms with Crippen LogP contribution in [-0.4, -0.2) is 52.5 Å². The Morgan fingerprint density at radius 2 is 2.00 bits per heavy atom. The molecular formula is C23H34F3N3O2. The molecule has 0 radical (unpaired) electrons. The third-order valence-electron chi connectivity index (χ3n) is 6.38. The van der Waals surface area contributed by atoms with Crippen LogP contribution in [0, 0.1) is 5.92 Å². The Morgan fingerprint density at radius 3 is 2.65 bits per heavy atom. The van der Waals surface area contributed by atoms with Gasteiger partial charge in [-0.15, -0.1) is 0 Å². The second-order valence-electron chi connectivity index (χ2n) is 8.55. The number of benzene rings is 1. The molecule has 1 aromatic rings. The summed E-state index contributed by atoms with van der Waals surface area (Å²) in [5.74, 6) is 1.27. The molecule has 1 aliphatic heterocycles. The third-order valence-corrected chi connectivity index (χ3v) is 6.38. The molecule has 0 atom stereocenters. The molecule has 1 saturated carbocycles. The van der Waals surface area contributed by atoms with Gasteiger partial charge in [0.15, 0.2) is 5.96 Å². The molecule has 5 nitrogen and oxygen atoms in total. The number of hydrogen-bond acceptors (Lipinski definition) is 3. The summed E-state index contributed by atoms with van der Waals surface area (Å²) < 4.78 is 50.5. The van der Waals surface area contributed by atoms with Gasteiger partial charge in [-0.2, -0.15) is 13.2 Å². The van der Waals surface area contributed by atoms with E-state index in [9.17, 15) is 13.2 Å². The molecule has 1 aromatic carbocycles. The maximum Gasteiger partial charge on any atom is 0.416 e. The Labute approximate surface area is 182 Å². The van der Waals surface area contributed by atoms with E-state index < -0.39 is 11.7 Å². The number of nitrogens with one attached hydrogen (secondary N) is 2. The summed E-state index contributed by atoms with van der Waals surface area (Å²) in [5.41, 5.74) is -0.108. The summed E-state index contributed by atoms with van der Waals surface area (Å²) in [7, 11) is 1.70. The number of aliphatic imine (C=N–C) groups is 1. The summed E-state index contributed by atoms with van der Waals surface area (Å²) >= 11 is 0. The van der Waals surface area contributed by atoms with Crippen LogP contribution in [0.2, 0.25) is 0 Å². The van der Waals surface area contributed by atoms with Gasteiger partial charge in [0.2, 0.25) is 0 Å². The summed E-state index contributed by atoms with van der Waals surface area (Å²) in [6.45, 7) is 4.43. The van der Waals surface area contributed by atoms with Crippen LogP contribution >= 0.6 is 0 Å². The van der Waals surface area contributed by atoms with Crippen molar-refractivity contribution in [3.63, 3.8) is 0 Å². The average Bonchev–Trinajstić information content (AvgIpc) is 2.74. The molecule has 0 spiro atoms. The van der Waals surface area contributed by atoms with Gasteiger partial charge in [0.25, 0.3) is 0 Å². The summed E-state index contributed by atoms with van der Waals surface area (Å²) in [4.78, 5) is 4.25. The van der Waals surface area contributed by atoms with Crippen LogP contribution in [0.15, 0.2) is 29.3 Å². The Morgan fingerprint density at radius 1 is 1.23 bits per heavy atom. The predicted octanol–water partition coefficient (Wildman–Crippen LogP) is 4.13. The molecule has 0 aromatic heterocycles. The molecule has 1 heterocycles. The summed E-state index contributed by atoms with van der Waals surface area (Å²) in [6.07, 6.45) is 1.46. The number of ether oxygens (including phenoxy) is 2. The van der Waals surface area contributed by atoms with Crippen LogP contribution in [0.25, 0.3) is 0 Å². The molecule has 1 saturated heterocycles. The number of guanidine groups is 1. The first-order valence-corrected chi connectivity index (χ1v) is 11.2. The second kappa shape index (κ2) is 11.2. The van der Waals surface area contributed by atoms with Crippen molar-refractivity contribution in [2.24, 2.45) is 10.9 Å². The second-order valence-corrected chi connectivity index (χ2v) is 8.55. The number of halogens is 3. The molecule has 31 heavy (non-hydrogen) atoms. The first kappa shape index (κ1) is 23.9. The van der Waals surface area contributed by atoms with Crippen LogP contribution in [0.3, 0.4) is 0 Å². The number of hydrogen-bond donors (Lipinski definition) is 2. The number of alkyl halides is 3. The van der Waals surface area contributed by atoms with Crippen molar-refractivity contribution >= 4 is 5.96 Å². The number of rotatable bonds is 9. The minimum absolute atomic E-state index is 0.272. The van der Waals surface area contributed by atoms with Gasteiger partial charge in [0.1, 0.15) is 0 Å². The van der Waals surface area contributed by atoms with Crippen LogP contribution in [0.1, 0.15) is 49.7 Å². The number of nitrogens with zero attached hydrogens (tertiary/aromatic N) is 1. The largest absolute Gasteiger partial charge is 0.416 e. The molecule has 0 bridgehead atoms. The van der Waals surface area contributed by atoms with Crippen LogP contribution in [0.4, 0.5) is 13.2 Å². The van der Waals surface area contributed by atoms with Gasteiger partial charge in [-0.1, -0.05) is 24.6 Å². The molecule has 0 unspecified atom stereocenters. The predicted molar refractivity (Wildman–Crippen MR) is 115 cm³/mol. The Kier molecular flexibility index (Phi) is 8.60. The zero-order valence-electron chi connectivity index (χ0n) is 18.3. The lowest BCUT2D eigenvalue weighted by molar-refractivity contribution is -0.137. The van der Waals surface area contributed by atoms with E-state index in [-0.39, 0.29) is 5.41 Å². The van der Waals surface area contributed by atoms with Crippen molar-refractivity contribution in [3.05, 3.63) is 35.4 Å². The highest BCUT2D eigenvalue weighted by atomic mass is 19.4. The van der Waals surface area contributed by atoms with Gasteiger partial charge in [0.05, 0.1) is 5.56 Å². The fourth-order valence-corrected chi connectivity index (χ4v) is 4.21. The van der Waals surface area contributed by atoms with Crippen LogP contribution in [0.5, 0.6) is 0 Å². The van der Waals surface area contributed by atoms with E-state index in [1.165, 1.54) is 12.1 Å². The highest BCUT2D eigenvalue weighted by Gasteiger charge is 2.40. The van der Waals surface area contributed by atoms with E-state index in [2.05, 4.69) is 15.6 Å². The molecule has 8 heteroatoms. The zero-order chi connectivity index (χ0) is 22.2. The molecule has 174 valence electrons. The van der Waals surface area contributed by atoms with Gasteiger partial charge in [-0.25, -0.2) is 0 Å². The minimum atomic E-state index is -4.32. The highest BCUT2D eigenvalue weighted by Crippen LogP contribution is 2.44. The summed E-state index contributed by atoms with van der Waals surface area (Å²) in [5, 5.41) is 6.59. The van der Waals surface area contributed by atoms with Gasteiger partial charge >= 0.3 is 6.18 Å². The topological polar surface area (TPSA) is 54.9 Å². The lowest BCUT2D eigenvalue weighted by Crippen LogP contribution is -2.49. The lowest BCUT2D eigenvalue weighted by atomic mass is 9.64. The van der Waals surface area contributed by atoms with E-state index in [4.69, 9.17) is 9.47 Å². The molecule has 0 amide bonds. The van der Waals surface area contributed by atoms with Crippen molar-refractivity contribution in [2.45, 2.75) is 50.1 Å². The van der Waals surface area contributed by atoms with Crippen molar-refractivity contribution < 1.29 is 22.6 Å². The zero-order valence-corrected chi connectivity index (χ0v) is 18.3. The molecule has 1 aliphatic carbocycles. The Balaban J connectivity index is 1.41. The van der Waals surface area contributed by atoms with Crippen molar-refractivity contribution in [1.82, 2.24) is 10.6 Å². The van der Waals surface area contributed by atoms with Crippen molar-refractivity contribution in [2.75, 3.05) is 46.6 Å². The maximum atomic E-state index is 13.1. The van der Waals surface area contributed by atoms with Crippen molar-refractivity contribution in [1.29, 1.82) is 0 Å². The van der Waals surface area contributed by atoms with Crippen LogP contribution < -0.4 is 10.6 Å². The highest BCUT2D eigenvalue weighted by molar-refractivity contribution is 5.79. The minimum Gasteiger partial charge on any atom is -0.381 e.